The maximum absolute atomic E-state index is 12.9. The molecule has 0 spiro atoms. The molecule has 1 saturated heterocycles. The van der Waals surface area contributed by atoms with Crippen molar-refractivity contribution in [2.75, 3.05) is 51.3 Å². The van der Waals surface area contributed by atoms with Crippen LogP contribution in [0.4, 0.5) is 5.69 Å². The van der Waals surface area contributed by atoms with Crippen LogP contribution in [0.2, 0.25) is 0 Å². The van der Waals surface area contributed by atoms with Gasteiger partial charge in [0.1, 0.15) is 5.76 Å². The van der Waals surface area contributed by atoms with E-state index in [1.165, 1.54) is 0 Å². The number of pyridine rings is 1. The minimum atomic E-state index is 0.151. The number of nitrogens with one attached hydrogen (secondary N) is 2. The highest BCUT2D eigenvalue weighted by Gasteiger charge is 2.16. The molecular formula is C25H35N7O3. The number of amides is 1. The molecule has 2 aromatic rings. The van der Waals surface area contributed by atoms with Crippen molar-refractivity contribution in [3.05, 3.63) is 48.7 Å². The summed E-state index contributed by atoms with van der Waals surface area (Å²) in [5, 5.41) is 14.6. The van der Waals surface area contributed by atoms with Crippen LogP contribution in [-0.2, 0) is 16.1 Å². The molecule has 10 heteroatoms. The Kier molecular flexibility index (Phi) is 11.6. The fourth-order valence-corrected chi connectivity index (χ4v) is 3.84. The van der Waals surface area contributed by atoms with E-state index in [-0.39, 0.29) is 5.91 Å². The van der Waals surface area contributed by atoms with E-state index in [1.54, 1.807) is 30.8 Å². The first-order valence-corrected chi connectivity index (χ1v) is 12.2. The number of hydrogen-bond donors (Lipinski definition) is 2. The van der Waals surface area contributed by atoms with Gasteiger partial charge in [0.25, 0.3) is 0 Å². The molecule has 0 bridgehead atoms. The molecule has 0 aromatic carbocycles. The van der Waals surface area contributed by atoms with Crippen LogP contribution in [0.3, 0.4) is 0 Å². The summed E-state index contributed by atoms with van der Waals surface area (Å²) in [4.78, 5) is 25.6. The fraction of sp³-hybridized carbons (Fsp3) is 0.520. The van der Waals surface area contributed by atoms with Crippen LogP contribution in [0.15, 0.2) is 52.3 Å². The molecule has 0 aliphatic carbocycles. The number of ether oxygens (including phenoxy) is 1. The van der Waals surface area contributed by atoms with Crippen molar-refractivity contribution in [3.63, 3.8) is 0 Å². The normalized spacial score (nSPS) is 14.3. The molecule has 0 radical (unpaired) electrons. The highest BCUT2D eigenvalue weighted by molar-refractivity contribution is 5.94. The van der Waals surface area contributed by atoms with Crippen LogP contribution in [0.5, 0.6) is 0 Å². The molecule has 1 aliphatic heterocycles. The van der Waals surface area contributed by atoms with Crippen molar-refractivity contribution >= 4 is 17.6 Å². The first-order chi connectivity index (χ1) is 17.2. The van der Waals surface area contributed by atoms with Gasteiger partial charge >= 0.3 is 0 Å². The van der Waals surface area contributed by atoms with Crippen molar-refractivity contribution in [3.8, 4) is 6.19 Å². The lowest BCUT2D eigenvalue weighted by molar-refractivity contribution is -0.132. The predicted molar refractivity (Wildman–Crippen MR) is 133 cm³/mol. The fourth-order valence-electron chi connectivity index (χ4n) is 3.84. The highest BCUT2D eigenvalue weighted by Crippen LogP contribution is 2.11. The van der Waals surface area contributed by atoms with Crippen LogP contribution < -0.4 is 10.6 Å². The van der Waals surface area contributed by atoms with Crippen LogP contribution in [0.1, 0.15) is 37.9 Å². The molecule has 1 fully saturated rings. The summed E-state index contributed by atoms with van der Waals surface area (Å²) in [6.45, 7) is 6.23. The Hall–Kier alpha value is -3.42. The van der Waals surface area contributed by atoms with E-state index in [0.29, 0.717) is 32.0 Å². The third kappa shape index (κ3) is 10.2. The first-order valence-electron chi connectivity index (χ1n) is 12.2. The maximum Gasteiger partial charge on any atom is 0.222 e. The van der Waals surface area contributed by atoms with E-state index in [2.05, 4.69) is 25.5 Å². The lowest BCUT2D eigenvalue weighted by atomic mass is 10.1. The number of nitrogens with zero attached hydrogens (tertiary/aromatic N) is 5. The minimum Gasteiger partial charge on any atom is -0.467 e. The summed E-state index contributed by atoms with van der Waals surface area (Å²) in [5.74, 6) is 1.36. The third-order valence-corrected chi connectivity index (χ3v) is 5.72. The first kappa shape index (κ1) is 26.2. The number of furan rings is 1. The minimum absolute atomic E-state index is 0.151. The van der Waals surface area contributed by atoms with Gasteiger partial charge < -0.3 is 19.4 Å². The maximum atomic E-state index is 12.9. The number of aromatic nitrogens is 1. The molecule has 1 amide bonds. The molecular weight excluding hydrogens is 446 g/mol. The van der Waals surface area contributed by atoms with Crippen LogP contribution >= 0.6 is 0 Å². The number of unbranched alkanes of at least 4 members (excludes halogenated alkanes) is 2. The van der Waals surface area contributed by atoms with Gasteiger partial charge in [-0.3, -0.25) is 25.0 Å². The Labute approximate surface area is 207 Å². The number of rotatable bonds is 13. The zero-order chi connectivity index (χ0) is 24.6. The lowest BCUT2D eigenvalue weighted by Gasteiger charge is -2.28. The Morgan fingerprint density at radius 1 is 1.17 bits per heavy atom. The molecule has 1 aliphatic rings. The summed E-state index contributed by atoms with van der Waals surface area (Å²) in [6.07, 6.45) is 10.8. The molecule has 3 heterocycles. The number of carbonyl (C=O) groups is 1. The van der Waals surface area contributed by atoms with Crippen molar-refractivity contribution in [2.24, 2.45) is 4.99 Å². The topological polar surface area (TPSA) is 119 Å². The van der Waals surface area contributed by atoms with Gasteiger partial charge in [0.15, 0.2) is 6.19 Å². The molecule has 0 unspecified atom stereocenters. The molecule has 2 aromatic heterocycles. The van der Waals surface area contributed by atoms with Crippen molar-refractivity contribution in [2.45, 2.75) is 38.6 Å². The predicted octanol–water partition coefficient (Wildman–Crippen LogP) is 2.82. The lowest BCUT2D eigenvalue weighted by Crippen LogP contribution is -2.39. The van der Waals surface area contributed by atoms with Gasteiger partial charge in [-0.05, 0) is 43.5 Å². The number of aliphatic imine (C=N–C) groups is 1. The van der Waals surface area contributed by atoms with Gasteiger partial charge in [0.05, 0.1) is 26.0 Å². The van der Waals surface area contributed by atoms with E-state index in [1.807, 2.05) is 23.2 Å². The van der Waals surface area contributed by atoms with Crippen molar-refractivity contribution < 1.29 is 13.9 Å². The smallest absolute Gasteiger partial charge is 0.222 e. The summed E-state index contributed by atoms with van der Waals surface area (Å²) >= 11 is 0. The van der Waals surface area contributed by atoms with E-state index in [9.17, 15) is 4.79 Å². The van der Waals surface area contributed by atoms with E-state index in [4.69, 9.17) is 14.4 Å². The molecule has 2 N–H and O–H groups in total. The van der Waals surface area contributed by atoms with E-state index < -0.39 is 0 Å². The Morgan fingerprint density at radius 3 is 2.74 bits per heavy atom. The van der Waals surface area contributed by atoms with Gasteiger partial charge in [-0.15, -0.1) is 0 Å². The quantitative estimate of drug-likeness (QED) is 0.147. The SMILES string of the molecule is N#CNC(=NCCCCCC(=O)N(CCCN1CCOCC1)Cc1ccco1)Nc1ccncc1. The zero-order valence-electron chi connectivity index (χ0n) is 20.2. The summed E-state index contributed by atoms with van der Waals surface area (Å²) in [7, 11) is 0. The molecule has 10 nitrogen and oxygen atoms in total. The highest BCUT2D eigenvalue weighted by atomic mass is 16.5. The molecule has 0 saturated carbocycles. The number of morpholine rings is 1. The second-order valence-electron chi connectivity index (χ2n) is 8.34. The van der Waals surface area contributed by atoms with Gasteiger partial charge in [0.2, 0.25) is 11.9 Å². The largest absolute Gasteiger partial charge is 0.467 e. The van der Waals surface area contributed by atoms with Crippen molar-refractivity contribution in [1.82, 2.24) is 20.1 Å². The van der Waals surface area contributed by atoms with Crippen molar-refractivity contribution in [1.29, 1.82) is 5.26 Å². The molecule has 35 heavy (non-hydrogen) atoms. The monoisotopic (exact) mass is 481 g/mol. The average Bonchev–Trinajstić information content (AvgIpc) is 3.40. The standard InChI is InChI=1S/C25H35N7O3/c26-21-29-25(30-22-8-11-27-12-9-22)28-10-3-1-2-7-24(33)32(20-23-6-4-17-35-23)14-5-13-31-15-18-34-19-16-31/h4,6,8-9,11-12,17H,1-3,5,7,10,13-16,18-20H2,(H2,27,28,29,30). The second kappa shape index (κ2) is 15.5. The van der Waals surface area contributed by atoms with Crippen LogP contribution in [0, 0.1) is 11.5 Å². The Balaban J connectivity index is 1.38. The summed E-state index contributed by atoms with van der Waals surface area (Å²) in [6, 6.07) is 7.36. The molecule has 188 valence electrons. The number of hydrogen-bond acceptors (Lipinski definition) is 7. The second-order valence-corrected chi connectivity index (χ2v) is 8.34. The van der Waals surface area contributed by atoms with Gasteiger partial charge in [-0.2, -0.15) is 5.26 Å². The number of anilines is 1. The Morgan fingerprint density at radius 2 is 2.00 bits per heavy atom. The molecule has 3 rings (SSSR count). The summed E-state index contributed by atoms with van der Waals surface area (Å²) < 4.78 is 10.9. The zero-order valence-corrected chi connectivity index (χ0v) is 20.2. The molecule has 0 atom stereocenters. The third-order valence-electron chi connectivity index (χ3n) is 5.72. The number of guanidine groups is 1. The van der Waals surface area contributed by atoms with Crippen LogP contribution in [0.25, 0.3) is 0 Å². The van der Waals surface area contributed by atoms with Gasteiger partial charge in [-0.1, -0.05) is 6.42 Å². The average molecular weight is 482 g/mol. The summed E-state index contributed by atoms with van der Waals surface area (Å²) in [5.41, 5.74) is 0.803. The number of carbonyl (C=O) groups excluding carboxylic acids is 1. The van der Waals surface area contributed by atoms with Gasteiger partial charge in [0, 0.05) is 57.2 Å². The van der Waals surface area contributed by atoms with Crippen LogP contribution in [-0.4, -0.2) is 72.6 Å². The Bertz CT molecular complexity index is 922. The van der Waals surface area contributed by atoms with E-state index in [0.717, 1.165) is 70.0 Å². The van der Waals surface area contributed by atoms with Gasteiger partial charge in [-0.25, -0.2) is 0 Å². The number of nitriles is 1. The van der Waals surface area contributed by atoms with E-state index >= 15 is 0 Å².